The van der Waals surface area contributed by atoms with Gasteiger partial charge in [0, 0.05) is 0 Å². The fraction of sp³-hybridized carbons (Fsp3) is 0.824. The molecule has 22 heavy (non-hydrogen) atoms. The number of hydrogen-bond acceptors (Lipinski definition) is 5. The van der Waals surface area contributed by atoms with Crippen LogP contribution in [0.5, 0.6) is 0 Å². The summed E-state index contributed by atoms with van der Waals surface area (Å²) in [5.41, 5.74) is 0. The van der Waals surface area contributed by atoms with Gasteiger partial charge in [0.25, 0.3) is 0 Å². The third-order valence-corrected chi connectivity index (χ3v) is 7.39. The Morgan fingerprint density at radius 3 is 2.68 bits per heavy atom. The summed E-state index contributed by atoms with van der Waals surface area (Å²) < 4.78 is 5.75. The zero-order valence-electron chi connectivity index (χ0n) is 14.2. The summed E-state index contributed by atoms with van der Waals surface area (Å²) in [5.74, 6) is 1.86. The Labute approximate surface area is 142 Å². The molecule has 0 unspecified atom stereocenters. The Morgan fingerprint density at radius 1 is 1.36 bits per heavy atom. The molecule has 0 saturated heterocycles. The first kappa shape index (κ1) is 18.1. The van der Waals surface area contributed by atoms with Crippen molar-refractivity contribution >= 4 is 29.5 Å². The average Bonchev–Trinajstić information content (AvgIpc) is 2.41. The van der Waals surface area contributed by atoms with Crippen LogP contribution in [0.2, 0.25) is 0 Å². The van der Waals surface area contributed by atoms with Gasteiger partial charge in [0.15, 0.2) is 0 Å². The highest BCUT2D eigenvalue weighted by Gasteiger charge is 2.37. The fourth-order valence-corrected chi connectivity index (χ4v) is 5.44. The predicted octanol–water partition coefficient (Wildman–Crippen LogP) is 4.98. The summed E-state index contributed by atoms with van der Waals surface area (Å²) in [4.78, 5) is 13.0. The van der Waals surface area contributed by atoms with Crippen LogP contribution in [0, 0.1) is 17.8 Å². The molecular formula is C17H28O3S2. The van der Waals surface area contributed by atoms with Crippen molar-refractivity contribution in [3.63, 3.8) is 0 Å². The lowest BCUT2D eigenvalue weighted by Gasteiger charge is -2.37. The average molecular weight is 345 g/mol. The maximum Gasteiger partial charge on any atom is 0.348 e. The Hall–Kier alpha value is -0.290. The summed E-state index contributed by atoms with van der Waals surface area (Å²) in [7, 11) is 0. The molecule has 0 amide bonds. The van der Waals surface area contributed by atoms with Gasteiger partial charge < -0.3 is 9.84 Å². The van der Waals surface area contributed by atoms with Crippen molar-refractivity contribution in [2.75, 3.05) is 5.75 Å². The summed E-state index contributed by atoms with van der Waals surface area (Å²) in [6.07, 6.45) is 3.25. The molecule has 2 aliphatic rings. The van der Waals surface area contributed by atoms with Crippen LogP contribution in [0.15, 0.2) is 10.7 Å². The van der Waals surface area contributed by atoms with Crippen LogP contribution in [-0.2, 0) is 9.53 Å². The molecule has 5 heteroatoms. The Bertz CT molecular complexity index is 457. The number of esters is 1. The Balaban J connectivity index is 2.09. The second-order valence-electron chi connectivity index (χ2n) is 7.34. The van der Waals surface area contributed by atoms with E-state index in [4.69, 9.17) is 4.74 Å². The van der Waals surface area contributed by atoms with Crippen LogP contribution >= 0.6 is 23.5 Å². The van der Waals surface area contributed by atoms with Gasteiger partial charge in [0.2, 0.25) is 0 Å². The number of hydrogen-bond donors (Lipinski definition) is 1. The zero-order chi connectivity index (χ0) is 16.5. The number of rotatable bonds is 3. The highest BCUT2D eigenvalue weighted by atomic mass is 32.2. The van der Waals surface area contributed by atoms with E-state index in [9.17, 15) is 9.90 Å². The normalized spacial score (nSPS) is 32.2. The van der Waals surface area contributed by atoms with Gasteiger partial charge in [0.1, 0.15) is 16.8 Å². The standard InChI is InChI=1S/C17H28O3S2/c1-10(2)12-7-6-11(3)8-14(12)20-16(19)15-13(18)9-21-17(4,5)22-15/h10-12,14,18H,6-9H2,1-5H3/t11-,12+,14-/m1/s1. The van der Waals surface area contributed by atoms with Gasteiger partial charge in [-0.2, -0.15) is 0 Å². The lowest BCUT2D eigenvalue weighted by atomic mass is 9.75. The van der Waals surface area contributed by atoms with Gasteiger partial charge in [-0.15, -0.1) is 11.8 Å². The molecule has 1 saturated carbocycles. The topological polar surface area (TPSA) is 46.5 Å². The van der Waals surface area contributed by atoms with Crippen molar-refractivity contribution in [2.24, 2.45) is 17.8 Å². The Morgan fingerprint density at radius 2 is 2.05 bits per heavy atom. The molecule has 1 aliphatic heterocycles. The molecule has 126 valence electrons. The fourth-order valence-electron chi connectivity index (χ4n) is 3.24. The number of thioether (sulfide) groups is 2. The summed E-state index contributed by atoms with van der Waals surface area (Å²) in [6.45, 7) is 10.8. The van der Waals surface area contributed by atoms with E-state index in [1.807, 2.05) is 0 Å². The molecule has 3 nitrogen and oxygen atoms in total. The van der Waals surface area contributed by atoms with Crippen molar-refractivity contribution in [3.8, 4) is 0 Å². The molecule has 0 radical (unpaired) electrons. The predicted molar refractivity (Wildman–Crippen MR) is 95.0 cm³/mol. The van der Waals surface area contributed by atoms with Gasteiger partial charge >= 0.3 is 5.97 Å². The van der Waals surface area contributed by atoms with E-state index in [-0.39, 0.29) is 21.9 Å². The number of carbonyl (C=O) groups is 1. The van der Waals surface area contributed by atoms with Crippen molar-refractivity contribution in [2.45, 2.75) is 64.1 Å². The number of aliphatic hydroxyl groups excluding tert-OH is 1. The summed E-state index contributed by atoms with van der Waals surface area (Å²) in [6, 6.07) is 0. The van der Waals surface area contributed by atoms with Gasteiger partial charge in [-0.25, -0.2) is 4.79 Å². The number of aliphatic hydroxyl groups is 1. The van der Waals surface area contributed by atoms with Crippen LogP contribution in [-0.4, -0.2) is 27.0 Å². The number of ether oxygens (including phenoxy) is 1. The first-order valence-corrected chi connectivity index (χ1v) is 9.96. The van der Waals surface area contributed by atoms with Crippen molar-refractivity contribution in [1.29, 1.82) is 0 Å². The molecule has 1 aliphatic carbocycles. The third-order valence-electron chi connectivity index (χ3n) is 4.57. The number of carbonyl (C=O) groups excluding carboxylic acids is 1. The zero-order valence-corrected chi connectivity index (χ0v) is 15.9. The largest absolute Gasteiger partial charge is 0.510 e. The molecule has 1 heterocycles. The molecular weight excluding hydrogens is 316 g/mol. The molecule has 0 spiro atoms. The summed E-state index contributed by atoms with van der Waals surface area (Å²) in [5, 5.41) is 10.1. The highest BCUT2D eigenvalue weighted by Crippen LogP contribution is 2.47. The van der Waals surface area contributed by atoms with Crippen LogP contribution in [0.4, 0.5) is 0 Å². The van der Waals surface area contributed by atoms with E-state index in [0.29, 0.717) is 28.4 Å². The van der Waals surface area contributed by atoms with E-state index in [0.717, 1.165) is 12.8 Å². The first-order valence-electron chi connectivity index (χ1n) is 8.15. The van der Waals surface area contributed by atoms with E-state index in [2.05, 4.69) is 34.6 Å². The highest BCUT2D eigenvalue weighted by molar-refractivity contribution is 8.21. The minimum atomic E-state index is -0.333. The summed E-state index contributed by atoms with van der Waals surface area (Å²) >= 11 is 3.07. The molecule has 0 bridgehead atoms. The smallest absolute Gasteiger partial charge is 0.348 e. The molecule has 3 atom stereocenters. The van der Waals surface area contributed by atoms with Gasteiger partial charge in [0.05, 0.1) is 9.83 Å². The molecule has 1 N–H and O–H groups in total. The quantitative estimate of drug-likeness (QED) is 0.732. The monoisotopic (exact) mass is 344 g/mol. The second kappa shape index (κ2) is 7.08. The Kier molecular flexibility index (Phi) is 5.81. The maximum absolute atomic E-state index is 12.6. The van der Waals surface area contributed by atoms with Crippen molar-refractivity contribution < 1.29 is 14.6 Å². The first-order chi connectivity index (χ1) is 10.2. The minimum Gasteiger partial charge on any atom is -0.510 e. The molecule has 0 aromatic rings. The SMILES string of the molecule is CC(C)[C@@H]1CC[C@@H](C)C[C@H]1OC(=O)C1=C(O)CSC(C)(C)S1. The van der Waals surface area contributed by atoms with Crippen LogP contribution in [0.1, 0.15) is 53.9 Å². The molecule has 2 rings (SSSR count). The van der Waals surface area contributed by atoms with Gasteiger partial charge in [-0.3, -0.25) is 0 Å². The third kappa shape index (κ3) is 4.38. The van der Waals surface area contributed by atoms with Crippen LogP contribution in [0.3, 0.4) is 0 Å². The van der Waals surface area contributed by atoms with E-state index in [1.54, 1.807) is 11.8 Å². The van der Waals surface area contributed by atoms with E-state index in [1.165, 1.54) is 18.2 Å². The van der Waals surface area contributed by atoms with Gasteiger partial charge in [-0.1, -0.05) is 39.0 Å². The van der Waals surface area contributed by atoms with Crippen molar-refractivity contribution in [1.82, 2.24) is 0 Å². The van der Waals surface area contributed by atoms with Gasteiger partial charge in [-0.05, 0) is 44.4 Å². The molecule has 0 aromatic heterocycles. The molecule has 1 fully saturated rings. The van der Waals surface area contributed by atoms with Crippen LogP contribution < -0.4 is 0 Å². The van der Waals surface area contributed by atoms with E-state index < -0.39 is 0 Å². The maximum atomic E-state index is 12.6. The van der Waals surface area contributed by atoms with E-state index >= 15 is 0 Å². The lowest BCUT2D eigenvalue weighted by Crippen LogP contribution is -2.36. The lowest BCUT2D eigenvalue weighted by molar-refractivity contribution is -0.150. The second-order valence-corrected chi connectivity index (χ2v) is 10.8. The van der Waals surface area contributed by atoms with Crippen LogP contribution in [0.25, 0.3) is 0 Å². The molecule has 0 aromatic carbocycles. The minimum absolute atomic E-state index is 0.0187. The van der Waals surface area contributed by atoms with Crippen molar-refractivity contribution in [3.05, 3.63) is 10.7 Å².